The first kappa shape index (κ1) is 12.7. The number of β-amino-alcohol motifs (C(OH)–C–C–N with tert-alkyl or cyclic N) is 1. The molecule has 0 bridgehead atoms. The lowest BCUT2D eigenvalue weighted by Gasteiger charge is -2.44. The molecule has 0 aliphatic carbocycles. The van der Waals surface area contributed by atoms with Gasteiger partial charge in [-0.1, -0.05) is 0 Å². The molecule has 1 unspecified atom stereocenters. The highest BCUT2D eigenvalue weighted by Crippen LogP contribution is 2.38. The van der Waals surface area contributed by atoms with Crippen molar-refractivity contribution in [3.63, 3.8) is 0 Å². The summed E-state index contributed by atoms with van der Waals surface area (Å²) in [6, 6.07) is 1.97. The van der Waals surface area contributed by atoms with E-state index in [9.17, 15) is 9.90 Å². The zero-order valence-corrected chi connectivity index (χ0v) is 11.0. The molecular weight excluding hydrogens is 244 g/mol. The summed E-state index contributed by atoms with van der Waals surface area (Å²) in [5.74, 6) is 0.126. The molecule has 3 heterocycles. The normalized spacial score (nSPS) is 27.4. The average Bonchev–Trinajstić information content (AvgIpc) is 2.90. The Bertz CT molecular complexity index is 436. The summed E-state index contributed by atoms with van der Waals surface area (Å²) < 4.78 is 5.07. The Labute approximate surface area is 112 Å². The number of hydrogen-bond donors (Lipinski definition) is 2. The lowest BCUT2D eigenvalue weighted by atomic mass is 9.71. The standard InChI is InChI=1S/C14H20N2O3/c17-12-7-14(13(18)15-8-12)2-4-16(5-3-14)9-11-1-6-19-10-11/h1,6,10,12,17H,2-5,7-9H2,(H,15,18). The molecule has 0 saturated carbocycles. The number of nitrogens with one attached hydrogen (secondary N) is 1. The molecule has 5 nitrogen and oxygen atoms in total. The maximum Gasteiger partial charge on any atom is 0.226 e. The van der Waals surface area contributed by atoms with Crippen LogP contribution in [0.25, 0.3) is 0 Å². The molecule has 1 aromatic heterocycles. The zero-order chi connectivity index (χ0) is 13.3. The second kappa shape index (κ2) is 4.98. The summed E-state index contributed by atoms with van der Waals surface area (Å²) in [4.78, 5) is 14.4. The molecule has 2 fully saturated rings. The molecule has 1 atom stereocenters. The molecule has 104 valence electrons. The molecule has 2 aliphatic rings. The molecule has 19 heavy (non-hydrogen) atoms. The Balaban J connectivity index is 1.60. The predicted molar refractivity (Wildman–Crippen MR) is 69.3 cm³/mol. The van der Waals surface area contributed by atoms with Crippen LogP contribution in [-0.2, 0) is 11.3 Å². The lowest BCUT2D eigenvalue weighted by molar-refractivity contribution is -0.141. The maximum absolute atomic E-state index is 12.1. The number of likely N-dealkylation sites (tertiary alicyclic amines) is 1. The van der Waals surface area contributed by atoms with Gasteiger partial charge in [0.05, 0.1) is 24.0 Å². The quantitative estimate of drug-likeness (QED) is 0.827. The van der Waals surface area contributed by atoms with Crippen molar-refractivity contribution in [3.8, 4) is 0 Å². The van der Waals surface area contributed by atoms with Gasteiger partial charge in [-0.15, -0.1) is 0 Å². The smallest absolute Gasteiger partial charge is 0.226 e. The van der Waals surface area contributed by atoms with Crippen LogP contribution in [0.15, 0.2) is 23.0 Å². The van der Waals surface area contributed by atoms with Gasteiger partial charge in [0.15, 0.2) is 0 Å². The van der Waals surface area contributed by atoms with Crippen LogP contribution in [0.2, 0.25) is 0 Å². The summed E-state index contributed by atoms with van der Waals surface area (Å²) in [6.45, 7) is 3.06. The van der Waals surface area contributed by atoms with Crippen molar-refractivity contribution in [2.45, 2.75) is 31.9 Å². The van der Waals surface area contributed by atoms with E-state index in [1.165, 1.54) is 5.56 Å². The molecule has 1 spiro atoms. The van der Waals surface area contributed by atoms with Gasteiger partial charge >= 0.3 is 0 Å². The number of rotatable bonds is 2. The van der Waals surface area contributed by atoms with Gasteiger partial charge in [0.2, 0.25) is 5.91 Å². The summed E-state index contributed by atoms with van der Waals surface area (Å²) in [6.07, 6.45) is 5.32. The highest BCUT2D eigenvalue weighted by molar-refractivity contribution is 5.83. The minimum atomic E-state index is -0.391. The van der Waals surface area contributed by atoms with Crippen molar-refractivity contribution >= 4 is 5.91 Å². The van der Waals surface area contributed by atoms with Crippen LogP contribution in [0.4, 0.5) is 0 Å². The zero-order valence-electron chi connectivity index (χ0n) is 11.0. The highest BCUT2D eigenvalue weighted by atomic mass is 16.3. The van der Waals surface area contributed by atoms with E-state index in [2.05, 4.69) is 10.2 Å². The van der Waals surface area contributed by atoms with Crippen molar-refractivity contribution in [2.24, 2.45) is 5.41 Å². The van der Waals surface area contributed by atoms with E-state index in [1.807, 2.05) is 6.07 Å². The molecule has 5 heteroatoms. The Hall–Kier alpha value is -1.33. The summed E-state index contributed by atoms with van der Waals surface area (Å²) in [5.41, 5.74) is 0.828. The van der Waals surface area contributed by atoms with Crippen molar-refractivity contribution in [3.05, 3.63) is 24.2 Å². The Morgan fingerprint density at radius 2 is 2.26 bits per heavy atom. The van der Waals surface area contributed by atoms with Crippen molar-refractivity contribution in [2.75, 3.05) is 19.6 Å². The maximum atomic E-state index is 12.1. The van der Waals surface area contributed by atoms with Gasteiger partial charge in [-0.3, -0.25) is 9.69 Å². The summed E-state index contributed by atoms with van der Waals surface area (Å²) in [5, 5.41) is 12.6. The van der Waals surface area contributed by atoms with E-state index >= 15 is 0 Å². The van der Waals surface area contributed by atoms with E-state index in [1.54, 1.807) is 12.5 Å². The fourth-order valence-corrected chi connectivity index (χ4v) is 3.23. The first-order valence-corrected chi connectivity index (χ1v) is 6.88. The fourth-order valence-electron chi connectivity index (χ4n) is 3.23. The molecule has 3 rings (SSSR count). The largest absolute Gasteiger partial charge is 0.472 e. The van der Waals surface area contributed by atoms with Gasteiger partial charge in [-0.25, -0.2) is 0 Å². The molecule has 2 aliphatic heterocycles. The van der Waals surface area contributed by atoms with Gasteiger partial charge in [0.1, 0.15) is 0 Å². The minimum absolute atomic E-state index is 0.126. The number of nitrogens with zero attached hydrogens (tertiary/aromatic N) is 1. The predicted octanol–water partition coefficient (Wildman–Crippen LogP) is 0.743. The third-order valence-electron chi connectivity index (χ3n) is 4.41. The topological polar surface area (TPSA) is 65.7 Å². The van der Waals surface area contributed by atoms with Crippen LogP contribution in [0.3, 0.4) is 0 Å². The van der Waals surface area contributed by atoms with Crippen LogP contribution < -0.4 is 5.32 Å². The number of carbonyl (C=O) groups excluding carboxylic acids is 1. The first-order valence-electron chi connectivity index (χ1n) is 6.88. The third-order valence-corrected chi connectivity index (χ3v) is 4.41. The summed E-state index contributed by atoms with van der Waals surface area (Å²) in [7, 11) is 0. The highest BCUT2D eigenvalue weighted by Gasteiger charge is 2.45. The number of hydrogen-bond acceptors (Lipinski definition) is 4. The number of aliphatic hydroxyl groups excluding tert-OH is 1. The third kappa shape index (κ3) is 2.53. The van der Waals surface area contributed by atoms with Crippen molar-refractivity contribution in [1.29, 1.82) is 0 Å². The molecule has 2 N–H and O–H groups in total. The Morgan fingerprint density at radius 3 is 2.95 bits per heavy atom. The van der Waals surface area contributed by atoms with Gasteiger partial charge in [0.25, 0.3) is 0 Å². The van der Waals surface area contributed by atoms with E-state index in [0.717, 1.165) is 32.5 Å². The fraction of sp³-hybridized carbons (Fsp3) is 0.643. The van der Waals surface area contributed by atoms with Gasteiger partial charge in [-0.2, -0.15) is 0 Å². The van der Waals surface area contributed by atoms with E-state index in [4.69, 9.17) is 4.42 Å². The average molecular weight is 264 g/mol. The number of piperidine rings is 2. The number of amides is 1. The van der Waals surface area contributed by atoms with Crippen LogP contribution in [-0.4, -0.2) is 41.7 Å². The van der Waals surface area contributed by atoms with Crippen LogP contribution in [0.1, 0.15) is 24.8 Å². The van der Waals surface area contributed by atoms with Crippen molar-refractivity contribution in [1.82, 2.24) is 10.2 Å². The number of carbonyl (C=O) groups is 1. The molecule has 1 amide bonds. The van der Waals surface area contributed by atoms with E-state index in [0.29, 0.717) is 13.0 Å². The second-order valence-electron chi connectivity index (χ2n) is 5.76. The SMILES string of the molecule is O=C1NCC(O)CC12CCN(Cc1ccoc1)CC2. The van der Waals surface area contributed by atoms with Crippen LogP contribution in [0, 0.1) is 5.41 Å². The van der Waals surface area contributed by atoms with Crippen LogP contribution in [0.5, 0.6) is 0 Å². The molecule has 2 saturated heterocycles. The molecule has 1 aromatic rings. The molecule has 0 radical (unpaired) electrons. The van der Waals surface area contributed by atoms with Gasteiger partial charge in [-0.05, 0) is 38.4 Å². The van der Waals surface area contributed by atoms with E-state index in [-0.39, 0.29) is 11.3 Å². The van der Waals surface area contributed by atoms with Gasteiger partial charge < -0.3 is 14.8 Å². The van der Waals surface area contributed by atoms with Gasteiger partial charge in [0, 0.05) is 18.7 Å². The minimum Gasteiger partial charge on any atom is -0.472 e. The summed E-state index contributed by atoms with van der Waals surface area (Å²) >= 11 is 0. The second-order valence-corrected chi connectivity index (χ2v) is 5.76. The lowest BCUT2D eigenvalue weighted by Crippen LogP contribution is -2.55. The molecular formula is C14H20N2O3. The monoisotopic (exact) mass is 264 g/mol. The number of aliphatic hydroxyl groups is 1. The number of furan rings is 1. The Kier molecular flexibility index (Phi) is 3.33. The van der Waals surface area contributed by atoms with E-state index < -0.39 is 6.10 Å². The van der Waals surface area contributed by atoms with Crippen LogP contribution >= 0.6 is 0 Å². The van der Waals surface area contributed by atoms with Crippen molar-refractivity contribution < 1.29 is 14.3 Å². The first-order chi connectivity index (χ1) is 9.18. The Morgan fingerprint density at radius 1 is 1.47 bits per heavy atom. The molecule has 0 aromatic carbocycles.